The number of amides is 1. The molecule has 0 spiro atoms. The Balaban J connectivity index is 1.97. The summed E-state index contributed by atoms with van der Waals surface area (Å²) in [5.41, 5.74) is 0.115. The highest BCUT2D eigenvalue weighted by Gasteiger charge is 2.43. The highest BCUT2D eigenvalue weighted by molar-refractivity contribution is 9.10. The van der Waals surface area contributed by atoms with E-state index in [1.165, 1.54) is 7.11 Å². The van der Waals surface area contributed by atoms with Crippen LogP contribution in [0.3, 0.4) is 0 Å². The lowest BCUT2D eigenvalue weighted by atomic mass is 9.80. The number of hydrogen-bond acceptors (Lipinski definition) is 3. The van der Waals surface area contributed by atoms with Crippen molar-refractivity contribution in [3.63, 3.8) is 0 Å². The van der Waals surface area contributed by atoms with Crippen LogP contribution >= 0.6 is 15.9 Å². The van der Waals surface area contributed by atoms with Crippen LogP contribution in [0.5, 0.6) is 0 Å². The van der Waals surface area contributed by atoms with Crippen molar-refractivity contribution < 1.29 is 19.4 Å². The van der Waals surface area contributed by atoms with Gasteiger partial charge in [0.25, 0.3) is 0 Å². The van der Waals surface area contributed by atoms with Crippen LogP contribution in [-0.2, 0) is 20.7 Å². The zero-order valence-corrected chi connectivity index (χ0v) is 14.8. The number of aliphatic carboxylic acids is 1. The highest BCUT2D eigenvalue weighted by atomic mass is 79.9. The summed E-state index contributed by atoms with van der Waals surface area (Å²) in [6.07, 6.45) is 2.28. The Bertz CT molecular complexity index is 573. The smallest absolute Gasteiger partial charge is 0.313 e. The number of ether oxygens (including phenoxy) is 1. The molecule has 1 N–H and O–H groups in total. The number of halogens is 1. The second kappa shape index (κ2) is 7.93. The van der Waals surface area contributed by atoms with Gasteiger partial charge >= 0.3 is 5.97 Å². The van der Waals surface area contributed by atoms with Gasteiger partial charge in [-0.3, -0.25) is 9.59 Å². The molecule has 23 heavy (non-hydrogen) atoms. The molecule has 1 atom stereocenters. The van der Waals surface area contributed by atoms with Crippen molar-refractivity contribution in [3.8, 4) is 0 Å². The Labute approximate surface area is 144 Å². The number of carbonyl (C=O) groups is 2. The Kier molecular flexibility index (Phi) is 6.18. The minimum Gasteiger partial charge on any atom is -0.481 e. The van der Waals surface area contributed by atoms with Gasteiger partial charge in [-0.25, -0.2) is 0 Å². The fraction of sp³-hybridized carbons (Fsp3) is 0.529. The standard InChI is InChI=1S/C17H22BrNO4/c1-23-12-17(16(21)22)8-3-9-19(11-17)15(20)7-6-13-4-2-5-14(18)10-13/h2,4-5,10H,3,6-9,11-12H2,1H3,(H,21,22). The molecular formula is C17H22BrNO4. The Hall–Kier alpha value is -1.40. The van der Waals surface area contributed by atoms with Gasteiger partial charge in [-0.2, -0.15) is 0 Å². The second-order valence-electron chi connectivity index (χ2n) is 6.07. The van der Waals surface area contributed by atoms with Gasteiger partial charge in [0.1, 0.15) is 5.41 Å². The first-order valence-electron chi connectivity index (χ1n) is 7.71. The number of carbonyl (C=O) groups excluding carboxylic acids is 1. The van der Waals surface area contributed by atoms with Gasteiger partial charge in [0.15, 0.2) is 0 Å². The van der Waals surface area contributed by atoms with E-state index < -0.39 is 11.4 Å². The first-order valence-corrected chi connectivity index (χ1v) is 8.51. The summed E-state index contributed by atoms with van der Waals surface area (Å²) >= 11 is 3.42. The quantitative estimate of drug-likeness (QED) is 0.819. The number of benzene rings is 1. The van der Waals surface area contributed by atoms with Gasteiger partial charge in [-0.1, -0.05) is 28.1 Å². The van der Waals surface area contributed by atoms with E-state index in [9.17, 15) is 14.7 Å². The van der Waals surface area contributed by atoms with E-state index in [4.69, 9.17) is 4.74 Å². The molecule has 126 valence electrons. The predicted octanol–water partition coefficient (Wildman–Crippen LogP) is 2.72. The molecule has 0 aromatic heterocycles. The fourth-order valence-corrected chi connectivity index (χ4v) is 3.52. The van der Waals surface area contributed by atoms with E-state index >= 15 is 0 Å². The minimum absolute atomic E-state index is 0.00593. The fourth-order valence-electron chi connectivity index (χ4n) is 3.08. The van der Waals surface area contributed by atoms with Gasteiger partial charge in [-0.15, -0.1) is 0 Å². The van der Waals surface area contributed by atoms with Crippen LogP contribution in [0.2, 0.25) is 0 Å². The van der Waals surface area contributed by atoms with E-state index in [0.717, 1.165) is 10.0 Å². The average molecular weight is 384 g/mol. The molecule has 5 nitrogen and oxygen atoms in total. The van der Waals surface area contributed by atoms with Crippen LogP contribution in [0.25, 0.3) is 0 Å². The number of piperidine rings is 1. The maximum absolute atomic E-state index is 12.5. The number of carboxylic acids is 1. The van der Waals surface area contributed by atoms with Gasteiger partial charge < -0.3 is 14.7 Å². The maximum Gasteiger partial charge on any atom is 0.313 e. The van der Waals surface area contributed by atoms with Crippen molar-refractivity contribution in [1.29, 1.82) is 0 Å². The summed E-state index contributed by atoms with van der Waals surface area (Å²) in [4.78, 5) is 25.8. The summed E-state index contributed by atoms with van der Waals surface area (Å²) in [6, 6.07) is 7.87. The Morgan fingerprint density at radius 1 is 1.43 bits per heavy atom. The number of nitrogens with zero attached hydrogens (tertiary/aromatic N) is 1. The van der Waals surface area contributed by atoms with Crippen molar-refractivity contribution in [2.45, 2.75) is 25.7 Å². The van der Waals surface area contributed by atoms with Crippen LogP contribution in [0.1, 0.15) is 24.8 Å². The lowest BCUT2D eigenvalue weighted by molar-refractivity contribution is -0.159. The topological polar surface area (TPSA) is 66.8 Å². The molecule has 2 rings (SSSR count). The normalized spacial score (nSPS) is 21.2. The molecule has 1 aromatic carbocycles. The molecule has 0 saturated carbocycles. The minimum atomic E-state index is -0.974. The van der Waals surface area contributed by atoms with Gasteiger partial charge in [0.2, 0.25) is 5.91 Å². The van der Waals surface area contributed by atoms with Crippen molar-refractivity contribution in [1.82, 2.24) is 4.90 Å². The Morgan fingerprint density at radius 2 is 2.22 bits per heavy atom. The number of likely N-dealkylation sites (tertiary alicyclic amines) is 1. The second-order valence-corrected chi connectivity index (χ2v) is 6.98. The van der Waals surface area contributed by atoms with Crippen LogP contribution in [0, 0.1) is 5.41 Å². The number of hydrogen-bond donors (Lipinski definition) is 1. The van der Waals surface area contributed by atoms with Crippen LogP contribution in [0.4, 0.5) is 0 Å². The summed E-state index contributed by atoms with van der Waals surface area (Å²) in [5, 5.41) is 9.53. The van der Waals surface area contributed by atoms with Crippen LogP contribution in [-0.4, -0.2) is 48.7 Å². The van der Waals surface area contributed by atoms with Crippen molar-refractivity contribution >= 4 is 27.8 Å². The number of aryl methyl sites for hydroxylation is 1. The zero-order valence-electron chi connectivity index (χ0n) is 13.3. The predicted molar refractivity (Wildman–Crippen MR) is 90.2 cm³/mol. The highest BCUT2D eigenvalue weighted by Crippen LogP contribution is 2.31. The van der Waals surface area contributed by atoms with E-state index in [-0.39, 0.29) is 19.1 Å². The third-order valence-corrected chi connectivity index (χ3v) is 4.81. The summed E-state index contributed by atoms with van der Waals surface area (Å²) in [7, 11) is 1.50. The average Bonchev–Trinajstić information content (AvgIpc) is 2.53. The molecule has 1 fully saturated rings. The molecule has 0 radical (unpaired) electrons. The molecule has 0 aliphatic carbocycles. The third kappa shape index (κ3) is 4.54. The van der Waals surface area contributed by atoms with Crippen LogP contribution < -0.4 is 0 Å². The molecule has 1 amide bonds. The van der Waals surface area contributed by atoms with E-state index in [2.05, 4.69) is 15.9 Å². The molecule has 1 aromatic rings. The number of rotatable bonds is 6. The van der Waals surface area contributed by atoms with Gasteiger partial charge in [0.05, 0.1) is 6.61 Å². The summed E-state index contributed by atoms with van der Waals surface area (Å²) in [6.45, 7) is 0.987. The lowest BCUT2D eigenvalue weighted by Gasteiger charge is -2.39. The van der Waals surface area contributed by atoms with E-state index in [0.29, 0.717) is 32.2 Å². The lowest BCUT2D eigenvalue weighted by Crippen LogP contribution is -2.52. The molecule has 1 unspecified atom stereocenters. The van der Waals surface area contributed by atoms with Crippen molar-refractivity contribution in [3.05, 3.63) is 34.3 Å². The van der Waals surface area contributed by atoms with Crippen LogP contribution in [0.15, 0.2) is 28.7 Å². The molecule has 0 bridgehead atoms. The number of carboxylic acid groups (broad SMARTS) is 1. The SMILES string of the molecule is COCC1(C(=O)O)CCCN(C(=O)CCc2cccc(Br)c2)C1. The molecule has 6 heteroatoms. The zero-order chi connectivity index (χ0) is 16.9. The van der Waals surface area contributed by atoms with E-state index in [1.807, 2.05) is 24.3 Å². The summed E-state index contributed by atoms with van der Waals surface area (Å²) in [5.74, 6) is -0.879. The number of methoxy groups -OCH3 is 1. The Morgan fingerprint density at radius 3 is 2.87 bits per heavy atom. The largest absolute Gasteiger partial charge is 0.481 e. The van der Waals surface area contributed by atoms with Gasteiger partial charge in [-0.05, 0) is 37.0 Å². The molecule has 1 saturated heterocycles. The molecule has 1 aliphatic rings. The first-order chi connectivity index (χ1) is 11.0. The summed E-state index contributed by atoms with van der Waals surface area (Å²) < 4.78 is 6.08. The van der Waals surface area contributed by atoms with Crippen molar-refractivity contribution in [2.24, 2.45) is 5.41 Å². The van der Waals surface area contributed by atoms with Gasteiger partial charge in [0, 0.05) is 31.1 Å². The third-order valence-electron chi connectivity index (χ3n) is 4.32. The molecule has 1 aliphatic heterocycles. The molecular weight excluding hydrogens is 362 g/mol. The molecule has 1 heterocycles. The monoisotopic (exact) mass is 383 g/mol. The first kappa shape index (κ1) is 17.9. The van der Waals surface area contributed by atoms with Crippen molar-refractivity contribution in [2.75, 3.05) is 26.8 Å². The maximum atomic E-state index is 12.5. The van der Waals surface area contributed by atoms with E-state index in [1.54, 1.807) is 4.90 Å².